The van der Waals surface area contributed by atoms with Crippen LogP contribution >= 0.6 is 0 Å². The van der Waals surface area contributed by atoms with E-state index in [0.717, 1.165) is 42.7 Å². The average Bonchev–Trinajstić information content (AvgIpc) is 3.25. The van der Waals surface area contributed by atoms with E-state index < -0.39 is 5.60 Å². The molecule has 1 unspecified atom stereocenters. The first-order valence-corrected chi connectivity index (χ1v) is 12.0. The Morgan fingerprint density at radius 1 is 1.17 bits per heavy atom. The largest absolute Gasteiger partial charge is 0.489 e. The highest BCUT2D eigenvalue weighted by molar-refractivity contribution is 5.65. The van der Waals surface area contributed by atoms with Gasteiger partial charge in [0.2, 0.25) is 0 Å². The molecule has 2 aromatic carbocycles. The van der Waals surface area contributed by atoms with Crippen molar-refractivity contribution in [1.82, 2.24) is 9.97 Å². The quantitative estimate of drug-likeness (QED) is 0.549. The Morgan fingerprint density at radius 2 is 1.97 bits per heavy atom. The number of hydrogen-bond donors (Lipinski definition) is 2. The van der Waals surface area contributed by atoms with E-state index in [1.165, 1.54) is 0 Å². The number of anilines is 3. The van der Waals surface area contributed by atoms with E-state index in [4.69, 9.17) is 9.47 Å². The Hall–Kier alpha value is -3.67. The van der Waals surface area contributed by atoms with Crippen molar-refractivity contribution in [2.24, 2.45) is 0 Å². The second-order valence-electron chi connectivity index (χ2n) is 9.36. The summed E-state index contributed by atoms with van der Waals surface area (Å²) in [5, 5.41) is 23.2. The third-order valence-electron chi connectivity index (χ3n) is 6.43. The number of β-amino-alcohol motifs (C(OH)–C–C–N with tert-alkyl or cyclic N) is 1. The number of benzene rings is 2. The SMILES string of the molecule is CC1(O)CCN(c2ccc(Nc3ccnc(-c4ccc(OC5CCOCC5)c(C#N)c4)n3)cc2)C1. The molecule has 2 N–H and O–H groups in total. The fourth-order valence-corrected chi connectivity index (χ4v) is 4.47. The third kappa shape index (κ3) is 5.53. The number of nitrogens with one attached hydrogen (secondary N) is 1. The van der Waals surface area contributed by atoms with Crippen molar-refractivity contribution < 1.29 is 14.6 Å². The Kier molecular flexibility index (Phi) is 6.53. The van der Waals surface area contributed by atoms with Crippen LogP contribution in [0.5, 0.6) is 5.75 Å². The van der Waals surface area contributed by atoms with Gasteiger partial charge in [-0.2, -0.15) is 5.26 Å². The number of rotatable bonds is 6. The molecule has 2 fully saturated rings. The zero-order chi connectivity index (χ0) is 24.3. The van der Waals surface area contributed by atoms with Gasteiger partial charge in [-0.25, -0.2) is 9.97 Å². The van der Waals surface area contributed by atoms with Crippen molar-refractivity contribution in [3.05, 3.63) is 60.3 Å². The first-order valence-electron chi connectivity index (χ1n) is 12.0. The summed E-state index contributed by atoms with van der Waals surface area (Å²) in [6.07, 6.45) is 4.18. The summed E-state index contributed by atoms with van der Waals surface area (Å²) in [5.41, 5.74) is 2.58. The molecule has 3 heterocycles. The Bertz CT molecular complexity index is 1220. The predicted octanol–water partition coefficient (Wildman–Crippen LogP) is 4.28. The number of aromatic nitrogens is 2. The summed E-state index contributed by atoms with van der Waals surface area (Å²) in [7, 11) is 0. The molecular weight excluding hydrogens is 442 g/mol. The summed E-state index contributed by atoms with van der Waals surface area (Å²) in [4.78, 5) is 11.2. The molecule has 2 saturated heterocycles. The lowest BCUT2D eigenvalue weighted by atomic mass is 10.1. The lowest BCUT2D eigenvalue weighted by Crippen LogP contribution is -2.29. The van der Waals surface area contributed by atoms with Gasteiger partial charge in [0.1, 0.15) is 23.7 Å². The maximum atomic E-state index is 10.2. The second kappa shape index (κ2) is 9.90. The van der Waals surface area contributed by atoms with Crippen LogP contribution in [0, 0.1) is 11.3 Å². The normalized spacial score (nSPS) is 20.4. The van der Waals surface area contributed by atoms with Crippen molar-refractivity contribution in [3.8, 4) is 23.2 Å². The zero-order valence-electron chi connectivity index (χ0n) is 19.8. The van der Waals surface area contributed by atoms with Crippen molar-refractivity contribution in [3.63, 3.8) is 0 Å². The minimum Gasteiger partial charge on any atom is -0.489 e. The summed E-state index contributed by atoms with van der Waals surface area (Å²) in [6, 6.07) is 17.6. The van der Waals surface area contributed by atoms with Crippen LogP contribution in [-0.4, -0.2) is 53.1 Å². The van der Waals surface area contributed by atoms with Crippen LogP contribution in [0.4, 0.5) is 17.2 Å². The number of nitrogens with zero attached hydrogens (tertiary/aromatic N) is 4. The van der Waals surface area contributed by atoms with Gasteiger partial charge in [-0.05, 0) is 61.9 Å². The molecule has 0 amide bonds. The minimum atomic E-state index is -0.630. The smallest absolute Gasteiger partial charge is 0.161 e. The predicted molar refractivity (Wildman–Crippen MR) is 134 cm³/mol. The highest BCUT2D eigenvalue weighted by Gasteiger charge is 2.31. The number of hydrogen-bond acceptors (Lipinski definition) is 8. The van der Waals surface area contributed by atoms with E-state index in [1.54, 1.807) is 12.3 Å². The van der Waals surface area contributed by atoms with Gasteiger partial charge in [0.25, 0.3) is 0 Å². The van der Waals surface area contributed by atoms with Crippen LogP contribution in [0.1, 0.15) is 31.7 Å². The van der Waals surface area contributed by atoms with Gasteiger partial charge < -0.3 is 24.8 Å². The van der Waals surface area contributed by atoms with Gasteiger partial charge in [0.15, 0.2) is 5.82 Å². The molecule has 180 valence electrons. The van der Waals surface area contributed by atoms with Gasteiger partial charge in [0, 0.05) is 49.1 Å². The summed E-state index contributed by atoms with van der Waals surface area (Å²) in [5.74, 6) is 1.77. The number of nitriles is 1. The monoisotopic (exact) mass is 471 g/mol. The second-order valence-corrected chi connectivity index (χ2v) is 9.36. The molecule has 35 heavy (non-hydrogen) atoms. The van der Waals surface area contributed by atoms with Crippen LogP contribution in [0.25, 0.3) is 11.4 Å². The average molecular weight is 472 g/mol. The van der Waals surface area contributed by atoms with E-state index >= 15 is 0 Å². The van der Waals surface area contributed by atoms with Gasteiger partial charge in [-0.3, -0.25) is 0 Å². The molecule has 0 spiro atoms. The van der Waals surface area contributed by atoms with Gasteiger partial charge >= 0.3 is 0 Å². The number of aliphatic hydroxyl groups is 1. The van der Waals surface area contributed by atoms with Crippen LogP contribution in [0.3, 0.4) is 0 Å². The van der Waals surface area contributed by atoms with Crippen molar-refractivity contribution in [1.29, 1.82) is 5.26 Å². The Labute approximate surface area is 205 Å². The molecule has 5 rings (SSSR count). The standard InChI is InChI=1S/C27H29N5O3/c1-27(33)11-13-32(18-27)22-5-3-21(4-6-22)30-25-8-12-29-26(31-25)19-2-7-24(20(16-19)17-28)35-23-9-14-34-15-10-23/h2-8,12,16,23,33H,9-11,13-15,18H2,1H3,(H,29,30,31). The summed E-state index contributed by atoms with van der Waals surface area (Å²) < 4.78 is 11.4. The molecule has 0 bridgehead atoms. The molecule has 0 aliphatic carbocycles. The molecule has 1 aromatic heterocycles. The van der Waals surface area contributed by atoms with Gasteiger partial charge in [-0.1, -0.05) is 0 Å². The third-order valence-corrected chi connectivity index (χ3v) is 6.43. The van der Waals surface area contributed by atoms with Crippen LogP contribution in [0.2, 0.25) is 0 Å². The zero-order valence-corrected chi connectivity index (χ0v) is 19.8. The number of ether oxygens (including phenoxy) is 2. The van der Waals surface area contributed by atoms with E-state index in [-0.39, 0.29) is 6.10 Å². The van der Waals surface area contributed by atoms with Crippen LogP contribution in [0.15, 0.2) is 54.7 Å². The van der Waals surface area contributed by atoms with Crippen molar-refractivity contribution in [2.75, 3.05) is 36.5 Å². The fourth-order valence-electron chi connectivity index (χ4n) is 4.47. The van der Waals surface area contributed by atoms with Crippen LogP contribution in [-0.2, 0) is 4.74 Å². The lowest BCUT2D eigenvalue weighted by Gasteiger charge is -2.23. The molecule has 2 aliphatic heterocycles. The molecule has 3 aromatic rings. The fraction of sp³-hybridized carbons (Fsp3) is 0.370. The minimum absolute atomic E-state index is 0.0653. The molecule has 8 nitrogen and oxygen atoms in total. The van der Waals surface area contributed by atoms with Crippen LogP contribution < -0.4 is 15.0 Å². The molecule has 2 aliphatic rings. The molecule has 0 saturated carbocycles. The van der Waals surface area contributed by atoms with E-state index in [1.807, 2.05) is 49.4 Å². The Balaban J connectivity index is 1.28. The highest BCUT2D eigenvalue weighted by atomic mass is 16.5. The molecule has 1 atom stereocenters. The first kappa shape index (κ1) is 23.1. The highest BCUT2D eigenvalue weighted by Crippen LogP contribution is 2.29. The lowest BCUT2D eigenvalue weighted by molar-refractivity contribution is 0.0254. The molecule has 0 radical (unpaired) electrons. The Morgan fingerprint density at radius 3 is 2.69 bits per heavy atom. The topological polar surface area (TPSA) is 104 Å². The van der Waals surface area contributed by atoms with E-state index in [9.17, 15) is 10.4 Å². The van der Waals surface area contributed by atoms with Gasteiger partial charge in [-0.15, -0.1) is 0 Å². The van der Waals surface area contributed by atoms with Crippen molar-refractivity contribution in [2.45, 2.75) is 37.9 Å². The van der Waals surface area contributed by atoms with E-state index in [0.29, 0.717) is 42.7 Å². The van der Waals surface area contributed by atoms with Crippen molar-refractivity contribution >= 4 is 17.2 Å². The maximum absolute atomic E-state index is 10.2. The molecular formula is C27H29N5O3. The van der Waals surface area contributed by atoms with Gasteiger partial charge in [0.05, 0.1) is 24.4 Å². The molecule has 8 heteroatoms. The summed E-state index contributed by atoms with van der Waals surface area (Å²) >= 11 is 0. The maximum Gasteiger partial charge on any atom is 0.161 e. The summed E-state index contributed by atoms with van der Waals surface area (Å²) in [6.45, 7) is 4.72. The van der Waals surface area contributed by atoms with E-state index in [2.05, 4.69) is 26.3 Å². The first-order chi connectivity index (χ1) is 17.0.